The Morgan fingerprint density at radius 3 is 2.65 bits per heavy atom. The summed E-state index contributed by atoms with van der Waals surface area (Å²) < 4.78 is 1.45. The Bertz CT molecular complexity index is 665. The molecule has 0 aromatic heterocycles. The second-order valence-corrected chi connectivity index (χ2v) is 6.65. The lowest BCUT2D eigenvalue weighted by atomic mass is 10.2. The van der Waals surface area contributed by atoms with Crippen LogP contribution in [0.1, 0.15) is 5.56 Å². The van der Waals surface area contributed by atoms with Crippen molar-refractivity contribution in [3.8, 4) is 0 Å². The molecule has 2 aromatic rings. The number of nitro benzene ring substituents is 1. The van der Waals surface area contributed by atoms with Crippen LogP contribution in [0, 0.1) is 10.1 Å². The number of hydrogen-bond acceptors (Lipinski definition) is 4. The molecule has 7 heteroatoms. The van der Waals surface area contributed by atoms with Crippen molar-refractivity contribution in [1.82, 2.24) is 0 Å². The van der Waals surface area contributed by atoms with Crippen LogP contribution in [0.15, 0.2) is 50.2 Å². The maximum Gasteiger partial charge on any atom is 0.283 e. The highest BCUT2D eigenvalue weighted by Crippen LogP contribution is 2.35. The minimum atomic E-state index is -0.391. The second-order valence-electron chi connectivity index (χ2n) is 3.99. The average Bonchev–Trinajstić information content (AvgIpc) is 2.39. The van der Waals surface area contributed by atoms with Gasteiger partial charge in [-0.3, -0.25) is 10.1 Å². The fourth-order valence-corrected chi connectivity index (χ4v) is 4.00. The van der Waals surface area contributed by atoms with E-state index in [2.05, 4.69) is 31.9 Å². The Hall–Kier alpha value is -1.05. The molecule has 0 saturated carbocycles. The number of hydrogen-bond donors (Lipinski definition) is 1. The number of halogens is 2. The molecule has 2 N–H and O–H groups in total. The van der Waals surface area contributed by atoms with Crippen LogP contribution in [0.2, 0.25) is 0 Å². The highest BCUT2D eigenvalue weighted by molar-refractivity contribution is 9.11. The van der Waals surface area contributed by atoms with Gasteiger partial charge in [0.1, 0.15) is 0 Å². The van der Waals surface area contributed by atoms with Crippen molar-refractivity contribution in [3.63, 3.8) is 0 Å². The molecule has 0 saturated heterocycles. The minimum absolute atomic E-state index is 0.0828. The number of nitrogens with zero attached hydrogens (tertiary/aromatic N) is 1. The van der Waals surface area contributed by atoms with Crippen LogP contribution < -0.4 is 5.73 Å². The molecule has 0 amide bonds. The van der Waals surface area contributed by atoms with Crippen LogP contribution in [0.3, 0.4) is 0 Å². The molecule has 0 atom stereocenters. The van der Waals surface area contributed by atoms with E-state index >= 15 is 0 Å². The molecule has 0 bridgehead atoms. The van der Waals surface area contributed by atoms with Crippen LogP contribution >= 0.6 is 43.6 Å². The van der Waals surface area contributed by atoms with Crippen molar-refractivity contribution >= 4 is 55.0 Å². The van der Waals surface area contributed by atoms with Crippen molar-refractivity contribution in [2.75, 3.05) is 5.73 Å². The third-order valence-electron chi connectivity index (χ3n) is 2.59. The monoisotopic (exact) mass is 416 g/mol. The molecule has 0 aliphatic heterocycles. The quantitative estimate of drug-likeness (QED) is 0.329. The number of thioether (sulfide) groups is 1. The summed E-state index contributed by atoms with van der Waals surface area (Å²) in [5, 5.41) is 10.9. The number of nitro groups is 1. The van der Waals surface area contributed by atoms with E-state index in [0.717, 1.165) is 14.9 Å². The van der Waals surface area contributed by atoms with E-state index in [0.29, 0.717) is 15.9 Å². The molecule has 2 rings (SSSR count). The molecule has 0 spiro atoms. The summed E-state index contributed by atoms with van der Waals surface area (Å²) in [6.07, 6.45) is 0. The molecule has 104 valence electrons. The average molecular weight is 418 g/mol. The van der Waals surface area contributed by atoms with E-state index in [4.69, 9.17) is 5.73 Å². The van der Waals surface area contributed by atoms with Crippen molar-refractivity contribution in [2.24, 2.45) is 0 Å². The zero-order valence-electron chi connectivity index (χ0n) is 10.2. The highest BCUT2D eigenvalue weighted by atomic mass is 79.9. The number of nitrogen functional groups attached to an aromatic ring is 1. The largest absolute Gasteiger partial charge is 0.399 e. The zero-order chi connectivity index (χ0) is 14.7. The van der Waals surface area contributed by atoms with Gasteiger partial charge in [0.15, 0.2) is 0 Å². The first-order chi connectivity index (χ1) is 9.49. The molecular formula is C13H10Br2N2O2S. The van der Waals surface area contributed by atoms with Gasteiger partial charge < -0.3 is 5.73 Å². The fraction of sp³-hybridized carbons (Fsp3) is 0.0769. The van der Waals surface area contributed by atoms with E-state index in [9.17, 15) is 10.1 Å². The van der Waals surface area contributed by atoms with Crippen LogP contribution in [-0.4, -0.2) is 4.92 Å². The van der Waals surface area contributed by atoms with Gasteiger partial charge >= 0.3 is 0 Å². The molecule has 0 aliphatic rings. The maximum absolute atomic E-state index is 10.9. The normalized spacial score (nSPS) is 10.5. The van der Waals surface area contributed by atoms with Gasteiger partial charge in [0.2, 0.25) is 0 Å². The van der Waals surface area contributed by atoms with Crippen molar-refractivity contribution in [2.45, 2.75) is 10.6 Å². The summed E-state index contributed by atoms with van der Waals surface area (Å²) in [7, 11) is 0. The van der Waals surface area contributed by atoms with Gasteiger partial charge in [0.05, 0.1) is 9.40 Å². The van der Waals surface area contributed by atoms with Gasteiger partial charge in [-0.05, 0) is 55.6 Å². The smallest absolute Gasteiger partial charge is 0.283 e. The number of nitrogens with two attached hydrogens (primary N) is 1. The Labute approximate surface area is 137 Å². The Morgan fingerprint density at radius 2 is 2.00 bits per heavy atom. The van der Waals surface area contributed by atoms with Crippen molar-refractivity contribution < 1.29 is 4.92 Å². The lowest BCUT2D eigenvalue weighted by Gasteiger charge is -2.07. The van der Waals surface area contributed by atoms with Gasteiger partial charge in [-0.25, -0.2) is 0 Å². The van der Waals surface area contributed by atoms with Crippen LogP contribution in [-0.2, 0) is 5.75 Å². The molecule has 4 nitrogen and oxygen atoms in total. The third kappa shape index (κ3) is 3.53. The molecule has 20 heavy (non-hydrogen) atoms. The summed E-state index contributed by atoms with van der Waals surface area (Å²) in [5.41, 5.74) is 7.35. The Kier molecular flexibility index (Phi) is 5.06. The number of benzene rings is 2. The minimum Gasteiger partial charge on any atom is -0.399 e. The lowest BCUT2D eigenvalue weighted by Crippen LogP contribution is -1.92. The second kappa shape index (κ2) is 6.60. The van der Waals surface area contributed by atoms with Crippen molar-refractivity contribution in [3.05, 3.63) is 61.0 Å². The zero-order valence-corrected chi connectivity index (χ0v) is 14.2. The fourth-order valence-electron chi connectivity index (χ4n) is 1.61. The summed E-state index contributed by atoms with van der Waals surface area (Å²) in [6, 6.07) is 10.6. The van der Waals surface area contributed by atoms with Gasteiger partial charge in [-0.1, -0.05) is 12.1 Å². The number of anilines is 1. The molecule has 0 unspecified atom stereocenters. The predicted molar refractivity (Wildman–Crippen MR) is 88.9 cm³/mol. The van der Waals surface area contributed by atoms with Crippen LogP contribution in [0.4, 0.5) is 11.4 Å². The Morgan fingerprint density at radius 1 is 1.25 bits per heavy atom. The van der Waals surface area contributed by atoms with Gasteiger partial charge in [-0.15, -0.1) is 11.8 Å². The number of rotatable bonds is 4. The summed E-state index contributed by atoms with van der Waals surface area (Å²) >= 11 is 8.34. The van der Waals surface area contributed by atoms with E-state index in [-0.39, 0.29) is 5.69 Å². The molecule has 2 aromatic carbocycles. The predicted octanol–water partition coefficient (Wildman–Crippen LogP) is 4.99. The highest BCUT2D eigenvalue weighted by Gasteiger charge is 2.15. The molecule has 0 radical (unpaired) electrons. The first kappa shape index (κ1) is 15.3. The van der Waals surface area contributed by atoms with Gasteiger partial charge in [0, 0.05) is 26.9 Å². The molecule has 0 heterocycles. The first-order valence-corrected chi connectivity index (χ1v) is 8.16. The SMILES string of the molecule is Nc1ccc(SCc2cccc([N+](=O)[O-])c2Br)c(Br)c1. The van der Waals surface area contributed by atoms with Crippen molar-refractivity contribution in [1.29, 1.82) is 0 Å². The molecular weight excluding hydrogens is 408 g/mol. The molecule has 0 fully saturated rings. The van der Waals surface area contributed by atoms with Crippen LogP contribution in [0.5, 0.6) is 0 Å². The van der Waals surface area contributed by atoms with Gasteiger partial charge in [-0.2, -0.15) is 0 Å². The lowest BCUT2D eigenvalue weighted by molar-refractivity contribution is -0.385. The first-order valence-electron chi connectivity index (χ1n) is 5.58. The van der Waals surface area contributed by atoms with E-state index in [1.807, 2.05) is 24.3 Å². The Balaban J connectivity index is 2.19. The van der Waals surface area contributed by atoms with E-state index in [1.165, 1.54) is 6.07 Å². The summed E-state index contributed by atoms with van der Waals surface area (Å²) in [6.45, 7) is 0. The summed E-state index contributed by atoms with van der Waals surface area (Å²) in [4.78, 5) is 11.5. The topological polar surface area (TPSA) is 69.2 Å². The standard InChI is InChI=1S/C13H10Br2N2O2S/c14-10-6-9(16)4-5-12(10)20-7-8-2-1-3-11(13(8)15)17(18)19/h1-6H,7,16H2. The summed E-state index contributed by atoms with van der Waals surface area (Å²) in [5.74, 6) is 0.630. The van der Waals surface area contributed by atoms with E-state index in [1.54, 1.807) is 17.8 Å². The molecule has 0 aliphatic carbocycles. The van der Waals surface area contributed by atoms with Gasteiger partial charge in [0.25, 0.3) is 5.69 Å². The van der Waals surface area contributed by atoms with Crippen LogP contribution in [0.25, 0.3) is 0 Å². The maximum atomic E-state index is 10.9. The van der Waals surface area contributed by atoms with E-state index < -0.39 is 4.92 Å². The third-order valence-corrected chi connectivity index (χ3v) is 5.55.